The molecule has 0 radical (unpaired) electrons. The summed E-state index contributed by atoms with van der Waals surface area (Å²) in [7, 11) is 0. The molecule has 1 aromatic carbocycles. The molecule has 0 saturated heterocycles. The van der Waals surface area contributed by atoms with Crippen LogP contribution in [0.3, 0.4) is 0 Å². The third-order valence-electron chi connectivity index (χ3n) is 3.01. The second kappa shape index (κ2) is 5.09. The van der Waals surface area contributed by atoms with Gasteiger partial charge in [0.1, 0.15) is 0 Å². The largest absolute Gasteiger partial charge is 0.294 e. The number of Topliss-reactive ketones (excluding diaryl/α,β-unsaturated/α-hetero) is 1. The maximum absolute atomic E-state index is 11.6. The van der Waals surface area contributed by atoms with Gasteiger partial charge in [-0.15, -0.1) is 0 Å². The number of carbonyl (C=O) groups excluding carboxylic acids is 1. The summed E-state index contributed by atoms with van der Waals surface area (Å²) in [6.45, 7) is 3.79. The van der Waals surface area contributed by atoms with E-state index in [2.05, 4.69) is 18.0 Å². The van der Waals surface area contributed by atoms with E-state index in [0.29, 0.717) is 0 Å². The summed E-state index contributed by atoms with van der Waals surface area (Å²) in [5.41, 5.74) is 2.88. The van der Waals surface area contributed by atoms with Gasteiger partial charge in [0.2, 0.25) is 0 Å². The van der Waals surface area contributed by atoms with Crippen molar-refractivity contribution in [2.45, 2.75) is 33.1 Å². The second-order valence-electron chi connectivity index (χ2n) is 4.37. The van der Waals surface area contributed by atoms with Crippen LogP contribution in [0.4, 0.5) is 0 Å². The van der Waals surface area contributed by atoms with E-state index in [1.54, 1.807) is 13.1 Å². The molecule has 0 amide bonds. The summed E-state index contributed by atoms with van der Waals surface area (Å²) in [5, 5.41) is 1.11. The Kier molecular flexibility index (Phi) is 3.52. The van der Waals surface area contributed by atoms with Crippen LogP contribution < -0.4 is 0 Å². The summed E-state index contributed by atoms with van der Waals surface area (Å²) in [6.07, 6.45) is 4.99. The van der Waals surface area contributed by atoms with Crippen molar-refractivity contribution >= 4 is 16.7 Å². The number of aryl methyl sites for hydroxylation is 1. The van der Waals surface area contributed by atoms with Gasteiger partial charge in [-0.3, -0.25) is 9.78 Å². The predicted molar refractivity (Wildman–Crippen MR) is 70.4 cm³/mol. The van der Waals surface area contributed by atoms with Crippen molar-refractivity contribution in [3.05, 3.63) is 41.6 Å². The van der Waals surface area contributed by atoms with Crippen LogP contribution in [0, 0.1) is 0 Å². The summed E-state index contributed by atoms with van der Waals surface area (Å²) in [4.78, 5) is 15.9. The molecule has 1 aromatic heterocycles. The van der Waals surface area contributed by atoms with Crippen LogP contribution in [0.5, 0.6) is 0 Å². The van der Waals surface area contributed by atoms with Crippen LogP contribution in [-0.4, -0.2) is 10.8 Å². The Morgan fingerprint density at radius 3 is 2.88 bits per heavy atom. The average Bonchev–Trinajstić information content (AvgIpc) is 2.35. The third-order valence-corrected chi connectivity index (χ3v) is 3.01. The molecule has 88 valence electrons. The number of carbonyl (C=O) groups is 1. The van der Waals surface area contributed by atoms with Gasteiger partial charge in [-0.2, -0.15) is 0 Å². The summed E-state index contributed by atoms with van der Waals surface area (Å²) in [6, 6.07) is 8.00. The number of ketones is 1. The Balaban J connectivity index is 2.54. The maximum atomic E-state index is 11.6. The zero-order chi connectivity index (χ0) is 12.3. The van der Waals surface area contributed by atoms with Crippen molar-refractivity contribution in [1.82, 2.24) is 4.98 Å². The Morgan fingerprint density at radius 2 is 2.18 bits per heavy atom. The van der Waals surface area contributed by atoms with Crippen LogP contribution in [0.15, 0.2) is 30.5 Å². The van der Waals surface area contributed by atoms with E-state index in [9.17, 15) is 4.79 Å². The van der Waals surface area contributed by atoms with Gasteiger partial charge in [-0.1, -0.05) is 19.4 Å². The van der Waals surface area contributed by atoms with E-state index in [0.717, 1.165) is 41.3 Å². The molecule has 2 nitrogen and oxygen atoms in total. The Morgan fingerprint density at radius 1 is 1.35 bits per heavy atom. The lowest BCUT2D eigenvalue weighted by atomic mass is 9.97. The Bertz CT molecular complexity index is 546. The lowest BCUT2D eigenvalue weighted by molar-refractivity contribution is 0.101. The van der Waals surface area contributed by atoms with Crippen LogP contribution >= 0.6 is 0 Å². The number of aromatic nitrogens is 1. The van der Waals surface area contributed by atoms with Gasteiger partial charge in [-0.05, 0) is 43.5 Å². The van der Waals surface area contributed by atoms with Crippen molar-refractivity contribution in [1.29, 1.82) is 0 Å². The predicted octanol–water partition coefficient (Wildman–Crippen LogP) is 3.78. The fraction of sp³-hybridized carbons (Fsp3) is 0.333. The smallest absolute Gasteiger partial charge is 0.160 e. The molecule has 0 saturated carbocycles. The monoisotopic (exact) mass is 227 g/mol. The molecular formula is C15H17NO. The van der Waals surface area contributed by atoms with Crippen molar-refractivity contribution in [3.63, 3.8) is 0 Å². The van der Waals surface area contributed by atoms with Gasteiger partial charge in [0.15, 0.2) is 5.78 Å². The maximum Gasteiger partial charge on any atom is 0.160 e. The van der Waals surface area contributed by atoms with Gasteiger partial charge in [0.25, 0.3) is 0 Å². The molecule has 0 unspecified atom stereocenters. The fourth-order valence-corrected chi connectivity index (χ4v) is 2.07. The minimum Gasteiger partial charge on any atom is -0.294 e. The van der Waals surface area contributed by atoms with Crippen LogP contribution in [0.2, 0.25) is 0 Å². The molecule has 0 spiro atoms. The van der Waals surface area contributed by atoms with E-state index < -0.39 is 0 Å². The molecule has 0 aliphatic rings. The molecule has 0 aliphatic heterocycles. The molecule has 0 bridgehead atoms. The Hall–Kier alpha value is -1.70. The number of rotatable bonds is 4. The number of fused-ring (bicyclic) bond motifs is 1. The number of nitrogens with zero attached hydrogens (tertiary/aromatic N) is 1. The second-order valence-corrected chi connectivity index (χ2v) is 4.37. The topological polar surface area (TPSA) is 30.0 Å². The van der Waals surface area contributed by atoms with Crippen LogP contribution in [0.25, 0.3) is 10.9 Å². The van der Waals surface area contributed by atoms with Gasteiger partial charge >= 0.3 is 0 Å². The number of pyridine rings is 1. The molecule has 2 heteroatoms. The third kappa shape index (κ3) is 2.52. The first kappa shape index (κ1) is 11.8. The lowest BCUT2D eigenvalue weighted by Gasteiger charge is -2.08. The molecule has 2 rings (SSSR count). The number of unbranched alkanes of at least 4 members (excludes halogenated alkanes) is 1. The highest BCUT2D eigenvalue weighted by Crippen LogP contribution is 2.20. The van der Waals surface area contributed by atoms with Gasteiger partial charge in [0.05, 0.1) is 5.52 Å². The highest BCUT2D eigenvalue weighted by molar-refractivity contribution is 5.99. The van der Waals surface area contributed by atoms with Crippen LogP contribution in [-0.2, 0) is 6.42 Å². The molecule has 0 fully saturated rings. The van der Waals surface area contributed by atoms with E-state index >= 15 is 0 Å². The van der Waals surface area contributed by atoms with Crippen molar-refractivity contribution in [2.24, 2.45) is 0 Å². The fourth-order valence-electron chi connectivity index (χ4n) is 2.07. The minimum atomic E-state index is 0.128. The van der Waals surface area contributed by atoms with Crippen LogP contribution in [0.1, 0.15) is 42.6 Å². The number of benzene rings is 1. The van der Waals surface area contributed by atoms with Crippen molar-refractivity contribution < 1.29 is 4.79 Å². The quantitative estimate of drug-likeness (QED) is 0.744. The molecule has 0 aliphatic carbocycles. The van der Waals surface area contributed by atoms with E-state index in [1.807, 2.05) is 18.2 Å². The molecular weight excluding hydrogens is 210 g/mol. The van der Waals surface area contributed by atoms with E-state index in [1.165, 1.54) is 0 Å². The molecule has 0 atom stereocenters. The average molecular weight is 227 g/mol. The van der Waals surface area contributed by atoms with Gasteiger partial charge in [0, 0.05) is 17.1 Å². The van der Waals surface area contributed by atoms with Gasteiger partial charge in [-0.25, -0.2) is 0 Å². The lowest BCUT2D eigenvalue weighted by Crippen LogP contribution is -2.00. The highest BCUT2D eigenvalue weighted by atomic mass is 16.1. The first-order valence-corrected chi connectivity index (χ1v) is 6.11. The van der Waals surface area contributed by atoms with Crippen molar-refractivity contribution in [2.75, 3.05) is 0 Å². The first-order chi connectivity index (χ1) is 8.22. The molecule has 2 aromatic rings. The highest BCUT2D eigenvalue weighted by Gasteiger charge is 2.09. The van der Waals surface area contributed by atoms with Crippen molar-refractivity contribution in [3.8, 4) is 0 Å². The molecule has 17 heavy (non-hydrogen) atoms. The molecule has 1 heterocycles. The summed E-state index contributed by atoms with van der Waals surface area (Å²) < 4.78 is 0. The SMILES string of the molecule is CCCCc1cc2cccnc2cc1C(C)=O. The zero-order valence-corrected chi connectivity index (χ0v) is 10.4. The number of hydrogen-bond acceptors (Lipinski definition) is 2. The Labute approximate surface area is 102 Å². The first-order valence-electron chi connectivity index (χ1n) is 6.11. The zero-order valence-electron chi connectivity index (χ0n) is 10.4. The summed E-state index contributed by atoms with van der Waals surface area (Å²) in [5.74, 6) is 0.128. The standard InChI is InChI=1S/C15H17NO/c1-3-4-6-12-9-13-7-5-8-16-15(13)10-14(12)11(2)17/h5,7-10H,3-4,6H2,1-2H3. The summed E-state index contributed by atoms with van der Waals surface area (Å²) >= 11 is 0. The van der Waals surface area contributed by atoms with E-state index in [-0.39, 0.29) is 5.78 Å². The van der Waals surface area contributed by atoms with E-state index in [4.69, 9.17) is 0 Å². The molecule has 0 N–H and O–H groups in total. The minimum absolute atomic E-state index is 0.128. The normalized spacial score (nSPS) is 10.7. The number of hydrogen-bond donors (Lipinski definition) is 0. The van der Waals surface area contributed by atoms with Gasteiger partial charge < -0.3 is 0 Å².